The van der Waals surface area contributed by atoms with Crippen molar-refractivity contribution in [1.82, 2.24) is 19.5 Å². The van der Waals surface area contributed by atoms with Crippen LogP contribution in [0.4, 0.5) is 0 Å². The first kappa shape index (κ1) is 34.3. The van der Waals surface area contributed by atoms with Crippen molar-refractivity contribution in [3.63, 3.8) is 0 Å². The minimum absolute atomic E-state index is 0.672. The van der Waals surface area contributed by atoms with Crippen molar-refractivity contribution in [2.45, 2.75) is 0 Å². The molecule has 60 heavy (non-hydrogen) atoms. The summed E-state index contributed by atoms with van der Waals surface area (Å²) in [4.78, 5) is 15.1. The molecule has 0 atom stereocenters. The number of thiophene rings is 1. The maximum absolute atomic E-state index is 5.21. The molecule has 0 unspecified atom stereocenters. The van der Waals surface area contributed by atoms with Crippen LogP contribution in [0.25, 0.3) is 115 Å². The zero-order chi connectivity index (χ0) is 39.6. The van der Waals surface area contributed by atoms with Gasteiger partial charge in [0.05, 0.1) is 27.9 Å². The molecule has 0 fully saturated rings. The van der Waals surface area contributed by atoms with Crippen LogP contribution in [-0.2, 0) is 0 Å². The van der Waals surface area contributed by atoms with Crippen LogP contribution in [0.1, 0.15) is 0 Å². The van der Waals surface area contributed by atoms with E-state index in [1.807, 2.05) is 41.8 Å². The van der Waals surface area contributed by atoms with Gasteiger partial charge in [0.2, 0.25) is 0 Å². The Labute approximate surface area is 350 Å². The van der Waals surface area contributed by atoms with E-state index in [0.717, 1.165) is 55.8 Å². The van der Waals surface area contributed by atoms with Gasteiger partial charge < -0.3 is 4.57 Å². The van der Waals surface area contributed by atoms with Crippen molar-refractivity contribution in [2.75, 3.05) is 0 Å². The topological polar surface area (TPSA) is 43.6 Å². The Kier molecular flexibility index (Phi) is 8.00. The zero-order valence-corrected chi connectivity index (χ0v) is 33.1. The third-order valence-corrected chi connectivity index (χ3v) is 12.9. The number of nitrogens with zero attached hydrogens (tertiary/aromatic N) is 4. The van der Waals surface area contributed by atoms with Gasteiger partial charge in [-0.1, -0.05) is 146 Å². The van der Waals surface area contributed by atoms with Gasteiger partial charge in [0.1, 0.15) is 0 Å². The zero-order valence-electron chi connectivity index (χ0n) is 32.3. The van der Waals surface area contributed by atoms with E-state index in [1.165, 1.54) is 53.1 Å². The first-order valence-electron chi connectivity index (χ1n) is 20.2. The summed E-state index contributed by atoms with van der Waals surface area (Å²) in [5, 5.41) is 6.14. The lowest BCUT2D eigenvalue weighted by molar-refractivity contribution is 1.18. The molecular weight excluding hydrogens is 749 g/mol. The number of rotatable bonds is 6. The van der Waals surface area contributed by atoms with Crippen molar-refractivity contribution >= 4 is 64.2 Å². The minimum Gasteiger partial charge on any atom is -0.309 e. The monoisotopic (exact) mass is 782 g/mol. The van der Waals surface area contributed by atoms with Crippen molar-refractivity contribution in [1.29, 1.82) is 0 Å². The Bertz CT molecular complexity index is 3600. The molecule has 0 radical (unpaired) electrons. The van der Waals surface area contributed by atoms with Crippen LogP contribution < -0.4 is 0 Å². The highest BCUT2D eigenvalue weighted by Gasteiger charge is 2.17. The molecule has 280 valence electrons. The third kappa shape index (κ3) is 5.70. The molecule has 0 saturated carbocycles. The third-order valence-electron chi connectivity index (χ3n) is 11.7. The van der Waals surface area contributed by atoms with Crippen LogP contribution in [-0.4, -0.2) is 19.5 Å². The molecule has 0 aliphatic heterocycles. The summed E-state index contributed by atoms with van der Waals surface area (Å²) in [6, 6.07) is 71.3. The van der Waals surface area contributed by atoms with Crippen molar-refractivity contribution in [2.24, 2.45) is 0 Å². The number of aromatic nitrogens is 4. The number of hydrogen-bond donors (Lipinski definition) is 0. The second kappa shape index (κ2) is 14.0. The van der Waals surface area contributed by atoms with Crippen molar-refractivity contribution in [3.05, 3.63) is 206 Å². The van der Waals surface area contributed by atoms with Crippen molar-refractivity contribution in [3.8, 4) is 61.8 Å². The highest BCUT2D eigenvalue weighted by molar-refractivity contribution is 7.26. The van der Waals surface area contributed by atoms with Crippen LogP contribution in [0.5, 0.6) is 0 Å². The molecule has 0 saturated heterocycles. The lowest BCUT2D eigenvalue weighted by Gasteiger charge is -2.12. The first-order chi connectivity index (χ1) is 29.7. The molecule has 8 aromatic carbocycles. The average molecular weight is 783 g/mol. The van der Waals surface area contributed by atoms with E-state index in [-0.39, 0.29) is 0 Å². The number of para-hydroxylation sites is 2. The quantitative estimate of drug-likeness (QED) is 0.169. The molecule has 12 rings (SSSR count). The maximum atomic E-state index is 5.21. The number of hydrogen-bond acceptors (Lipinski definition) is 4. The Morgan fingerprint density at radius 3 is 1.98 bits per heavy atom. The van der Waals surface area contributed by atoms with Crippen LogP contribution in [0.2, 0.25) is 0 Å². The second-order valence-corrected chi connectivity index (χ2v) is 16.3. The Hall–Kier alpha value is -7.73. The second-order valence-electron chi connectivity index (χ2n) is 15.2. The summed E-state index contributed by atoms with van der Waals surface area (Å²) in [5.41, 5.74) is 13.8. The fourth-order valence-electron chi connectivity index (χ4n) is 8.82. The van der Waals surface area contributed by atoms with E-state index in [9.17, 15) is 0 Å². The van der Waals surface area contributed by atoms with Gasteiger partial charge in [-0.25, -0.2) is 9.97 Å². The standard InChI is InChI=1S/C55H34N4S/c1-2-12-36(13-3-1)48-34-49(46-22-9-14-37-17-11-31-56-53(37)46)58-55(57-48)40-16-8-15-38(32-40)39-27-30-51-47(33-39)43-18-4-6-23-50(43)59(51)41-28-25-35(26-29-41)42-20-10-21-45-44-19-5-7-24-52(44)60-54(42)45/h1-34H. The molecule has 5 heteroatoms. The SMILES string of the molecule is c1ccc(-c2cc(-c3cccc4cccnc34)nc(-c3cccc(-c4ccc5c(c4)c4ccccc4n5-c4ccc(-c5cccc6c5sc5ccccc56)cc4)c3)n2)cc1. The summed E-state index contributed by atoms with van der Waals surface area (Å²) in [7, 11) is 0. The number of benzene rings is 8. The van der Waals surface area contributed by atoms with Gasteiger partial charge in [-0.3, -0.25) is 4.98 Å². The molecule has 0 N–H and O–H groups in total. The van der Waals surface area contributed by atoms with E-state index in [4.69, 9.17) is 15.0 Å². The van der Waals surface area contributed by atoms with Gasteiger partial charge in [-0.05, 0) is 76.9 Å². The molecule has 0 amide bonds. The summed E-state index contributed by atoms with van der Waals surface area (Å²) in [5.74, 6) is 0.672. The van der Waals surface area contributed by atoms with Crippen LogP contribution >= 0.6 is 11.3 Å². The normalized spacial score (nSPS) is 11.7. The summed E-state index contributed by atoms with van der Waals surface area (Å²) in [6.07, 6.45) is 1.84. The Morgan fingerprint density at radius 2 is 1.07 bits per heavy atom. The summed E-state index contributed by atoms with van der Waals surface area (Å²) >= 11 is 1.87. The van der Waals surface area contributed by atoms with Crippen molar-refractivity contribution < 1.29 is 0 Å². The van der Waals surface area contributed by atoms with Gasteiger partial charge in [0.15, 0.2) is 5.82 Å². The van der Waals surface area contributed by atoms with E-state index < -0.39 is 0 Å². The van der Waals surface area contributed by atoms with Gasteiger partial charge in [0, 0.05) is 64.9 Å². The summed E-state index contributed by atoms with van der Waals surface area (Å²) in [6.45, 7) is 0. The molecule has 0 spiro atoms. The largest absolute Gasteiger partial charge is 0.309 e. The molecular formula is C55H34N4S. The molecule has 12 aromatic rings. The fraction of sp³-hybridized carbons (Fsp3) is 0. The highest BCUT2D eigenvalue weighted by Crippen LogP contribution is 2.41. The Morgan fingerprint density at radius 1 is 0.400 bits per heavy atom. The minimum atomic E-state index is 0.672. The molecule has 4 nitrogen and oxygen atoms in total. The molecule has 4 heterocycles. The predicted molar refractivity (Wildman–Crippen MR) is 252 cm³/mol. The van der Waals surface area contributed by atoms with Gasteiger partial charge in [0.25, 0.3) is 0 Å². The molecule has 4 aromatic heterocycles. The smallest absolute Gasteiger partial charge is 0.160 e. The van der Waals surface area contributed by atoms with Gasteiger partial charge in [-0.2, -0.15) is 0 Å². The first-order valence-corrected chi connectivity index (χ1v) is 21.0. The van der Waals surface area contributed by atoms with Gasteiger partial charge in [-0.15, -0.1) is 11.3 Å². The van der Waals surface area contributed by atoms with E-state index in [2.05, 4.69) is 180 Å². The van der Waals surface area contributed by atoms with E-state index in [0.29, 0.717) is 5.82 Å². The van der Waals surface area contributed by atoms with Crippen LogP contribution in [0.3, 0.4) is 0 Å². The maximum Gasteiger partial charge on any atom is 0.160 e. The molecule has 0 aliphatic rings. The fourth-order valence-corrected chi connectivity index (χ4v) is 10.1. The predicted octanol–water partition coefficient (Wildman–Crippen LogP) is 14.8. The average Bonchev–Trinajstić information content (AvgIpc) is 3.87. The Balaban J connectivity index is 0.946. The van der Waals surface area contributed by atoms with Gasteiger partial charge >= 0.3 is 0 Å². The van der Waals surface area contributed by atoms with E-state index in [1.54, 1.807) is 0 Å². The molecule has 0 bridgehead atoms. The lowest BCUT2D eigenvalue weighted by Crippen LogP contribution is -1.97. The summed E-state index contributed by atoms with van der Waals surface area (Å²) < 4.78 is 5.04. The number of pyridine rings is 1. The van der Waals surface area contributed by atoms with E-state index >= 15 is 0 Å². The van der Waals surface area contributed by atoms with Crippen LogP contribution in [0, 0.1) is 0 Å². The number of fused-ring (bicyclic) bond motifs is 7. The molecule has 0 aliphatic carbocycles. The highest BCUT2D eigenvalue weighted by atomic mass is 32.1. The van der Waals surface area contributed by atoms with Crippen LogP contribution in [0.15, 0.2) is 206 Å². The lowest BCUT2D eigenvalue weighted by atomic mass is 10.00.